The van der Waals surface area contributed by atoms with Crippen LogP contribution in [-0.2, 0) is 17.4 Å². The normalized spacial score (nSPS) is 20.8. The number of alkyl halides is 3. The number of carbonyl (C=O) groups excluding carboxylic acids is 1. The number of carbonyl (C=O) groups is 1. The second-order valence-corrected chi connectivity index (χ2v) is 7.68. The van der Waals surface area contributed by atoms with E-state index < -0.39 is 11.7 Å². The van der Waals surface area contributed by atoms with Gasteiger partial charge in [0.25, 0.3) is 0 Å². The lowest BCUT2D eigenvalue weighted by atomic mass is 9.93. The number of nitrogens with one attached hydrogen (secondary N) is 2. The maximum Gasteiger partial charge on any atom is 0.416 e. The number of hydrogen-bond donors (Lipinski definition) is 2. The predicted molar refractivity (Wildman–Crippen MR) is 95.2 cm³/mol. The fourth-order valence-corrected chi connectivity index (χ4v) is 3.89. The maximum absolute atomic E-state index is 12.6. The van der Waals surface area contributed by atoms with Crippen LogP contribution in [0.1, 0.15) is 35.8 Å². The molecule has 0 spiro atoms. The minimum absolute atomic E-state index is 0.0196. The van der Waals surface area contributed by atoms with Crippen molar-refractivity contribution in [2.75, 3.05) is 11.9 Å². The van der Waals surface area contributed by atoms with E-state index in [0.717, 1.165) is 42.0 Å². The Labute approximate surface area is 153 Å². The number of benzene rings is 1. The summed E-state index contributed by atoms with van der Waals surface area (Å²) in [4.78, 5) is 17.4. The van der Waals surface area contributed by atoms with Crippen LogP contribution in [0.5, 0.6) is 0 Å². The first-order valence-electron chi connectivity index (χ1n) is 8.46. The molecule has 1 aromatic heterocycles. The van der Waals surface area contributed by atoms with Crippen molar-refractivity contribution in [1.82, 2.24) is 10.3 Å². The molecule has 2 heterocycles. The topological polar surface area (TPSA) is 54.0 Å². The number of amides is 1. The Hall–Kier alpha value is -1.93. The van der Waals surface area contributed by atoms with Gasteiger partial charge >= 0.3 is 6.18 Å². The summed E-state index contributed by atoms with van der Waals surface area (Å²) in [7, 11) is 0. The van der Waals surface area contributed by atoms with E-state index in [1.54, 1.807) is 6.20 Å². The van der Waals surface area contributed by atoms with Crippen LogP contribution in [0.25, 0.3) is 0 Å². The van der Waals surface area contributed by atoms with E-state index in [-0.39, 0.29) is 11.8 Å². The molecular formula is C18H20F3N3OS. The van der Waals surface area contributed by atoms with Gasteiger partial charge in [0.2, 0.25) is 5.91 Å². The molecule has 3 rings (SSSR count). The fraction of sp³-hybridized carbons (Fsp3) is 0.444. The molecule has 1 amide bonds. The molecule has 1 aliphatic heterocycles. The number of aromatic nitrogens is 1. The molecule has 0 aliphatic carbocycles. The van der Waals surface area contributed by atoms with Crippen LogP contribution in [0.15, 0.2) is 30.5 Å². The van der Waals surface area contributed by atoms with E-state index >= 15 is 0 Å². The van der Waals surface area contributed by atoms with Gasteiger partial charge in [-0.2, -0.15) is 13.2 Å². The van der Waals surface area contributed by atoms with Crippen LogP contribution in [0.2, 0.25) is 0 Å². The van der Waals surface area contributed by atoms with Crippen LogP contribution in [0.3, 0.4) is 0 Å². The number of halogens is 3. The van der Waals surface area contributed by atoms with Crippen molar-refractivity contribution in [3.8, 4) is 0 Å². The van der Waals surface area contributed by atoms with Crippen molar-refractivity contribution < 1.29 is 18.0 Å². The summed E-state index contributed by atoms with van der Waals surface area (Å²) in [5, 5.41) is 6.70. The number of piperidine rings is 1. The minimum Gasteiger partial charge on any atom is -0.314 e. The van der Waals surface area contributed by atoms with Gasteiger partial charge in [-0.15, -0.1) is 11.3 Å². The van der Waals surface area contributed by atoms with Gasteiger partial charge in [0.15, 0.2) is 5.13 Å². The summed E-state index contributed by atoms with van der Waals surface area (Å²) in [6.45, 7) is 2.89. The van der Waals surface area contributed by atoms with Gasteiger partial charge in [-0.25, -0.2) is 4.98 Å². The third kappa shape index (κ3) is 4.82. The molecule has 0 saturated carbocycles. The Morgan fingerprint density at radius 2 is 2.08 bits per heavy atom. The number of anilines is 1. The molecule has 1 fully saturated rings. The van der Waals surface area contributed by atoms with E-state index in [0.29, 0.717) is 17.6 Å². The molecule has 1 saturated heterocycles. The molecular weight excluding hydrogens is 363 g/mol. The van der Waals surface area contributed by atoms with Crippen molar-refractivity contribution in [2.24, 2.45) is 5.92 Å². The number of hydrogen-bond acceptors (Lipinski definition) is 4. The largest absolute Gasteiger partial charge is 0.416 e. The van der Waals surface area contributed by atoms with Crippen LogP contribution in [-0.4, -0.2) is 23.5 Å². The molecule has 1 aliphatic rings. The summed E-state index contributed by atoms with van der Waals surface area (Å²) in [5.74, 6) is -0.0395. The summed E-state index contributed by atoms with van der Waals surface area (Å²) in [6, 6.07) is 5.43. The molecule has 4 nitrogen and oxygen atoms in total. The Kier molecular flexibility index (Phi) is 5.62. The SMILES string of the molecule is C[C@H]1C[C@@H](C(=O)Nc2ncc(Cc3ccc(C(F)(F)F)cc3)s2)CCN1. The first-order valence-corrected chi connectivity index (χ1v) is 9.28. The van der Waals surface area contributed by atoms with E-state index in [9.17, 15) is 18.0 Å². The van der Waals surface area contributed by atoms with Gasteiger partial charge in [0.05, 0.1) is 5.56 Å². The minimum atomic E-state index is -4.33. The van der Waals surface area contributed by atoms with Crippen LogP contribution < -0.4 is 10.6 Å². The van der Waals surface area contributed by atoms with E-state index in [4.69, 9.17) is 0 Å². The molecule has 2 N–H and O–H groups in total. The number of nitrogens with zero attached hydrogens (tertiary/aromatic N) is 1. The van der Waals surface area contributed by atoms with E-state index in [1.807, 2.05) is 0 Å². The second kappa shape index (κ2) is 7.75. The fourth-order valence-electron chi connectivity index (χ4n) is 3.04. The number of rotatable bonds is 4. The summed E-state index contributed by atoms with van der Waals surface area (Å²) >= 11 is 1.35. The lowest BCUT2D eigenvalue weighted by Crippen LogP contribution is -2.40. The average molecular weight is 383 g/mol. The molecule has 2 aromatic rings. The van der Waals surface area contributed by atoms with E-state index in [2.05, 4.69) is 22.5 Å². The first-order chi connectivity index (χ1) is 12.3. The van der Waals surface area contributed by atoms with Crippen molar-refractivity contribution in [1.29, 1.82) is 0 Å². The second-order valence-electron chi connectivity index (χ2n) is 6.57. The summed E-state index contributed by atoms with van der Waals surface area (Å²) < 4.78 is 37.8. The highest BCUT2D eigenvalue weighted by Gasteiger charge is 2.30. The maximum atomic E-state index is 12.6. The molecule has 2 atom stereocenters. The van der Waals surface area contributed by atoms with Crippen LogP contribution in [0, 0.1) is 5.92 Å². The van der Waals surface area contributed by atoms with Crippen molar-refractivity contribution >= 4 is 22.4 Å². The standard InChI is InChI=1S/C18H20F3N3OS/c1-11-8-13(6-7-22-11)16(25)24-17-23-10-15(26-17)9-12-2-4-14(5-3-12)18(19,20)21/h2-5,10-11,13,22H,6-9H2,1H3,(H,23,24,25)/t11-,13-/m0/s1. The van der Waals surface area contributed by atoms with Crippen molar-refractivity contribution in [3.63, 3.8) is 0 Å². The summed E-state index contributed by atoms with van der Waals surface area (Å²) in [5.41, 5.74) is 0.112. The van der Waals surface area contributed by atoms with Gasteiger partial charge in [-0.05, 0) is 44.0 Å². The highest BCUT2D eigenvalue weighted by molar-refractivity contribution is 7.15. The highest BCUT2D eigenvalue weighted by atomic mass is 32.1. The highest BCUT2D eigenvalue weighted by Crippen LogP contribution is 2.30. The molecule has 0 bridgehead atoms. The van der Waals surface area contributed by atoms with Crippen LogP contribution >= 0.6 is 11.3 Å². The molecule has 0 unspecified atom stereocenters. The monoisotopic (exact) mass is 383 g/mol. The van der Waals surface area contributed by atoms with Crippen molar-refractivity contribution in [3.05, 3.63) is 46.5 Å². The molecule has 8 heteroatoms. The Balaban J connectivity index is 1.58. The lowest BCUT2D eigenvalue weighted by molar-refractivity contribution is -0.137. The Morgan fingerprint density at radius 1 is 1.35 bits per heavy atom. The van der Waals surface area contributed by atoms with Gasteiger partial charge in [0.1, 0.15) is 0 Å². The average Bonchev–Trinajstić information content (AvgIpc) is 3.01. The zero-order valence-electron chi connectivity index (χ0n) is 14.3. The molecule has 140 valence electrons. The Bertz CT molecular complexity index is 758. The van der Waals surface area contributed by atoms with Gasteiger partial charge in [0, 0.05) is 29.5 Å². The molecule has 0 radical (unpaired) electrons. The van der Waals surface area contributed by atoms with Crippen molar-refractivity contribution in [2.45, 2.75) is 38.4 Å². The first kappa shape index (κ1) is 18.8. The summed E-state index contributed by atoms with van der Waals surface area (Å²) in [6.07, 6.45) is -0.582. The molecule has 1 aromatic carbocycles. The zero-order chi connectivity index (χ0) is 18.7. The van der Waals surface area contributed by atoms with Gasteiger partial charge in [-0.3, -0.25) is 4.79 Å². The van der Waals surface area contributed by atoms with Gasteiger partial charge < -0.3 is 10.6 Å². The quantitative estimate of drug-likeness (QED) is 0.837. The van der Waals surface area contributed by atoms with Crippen LogP contribution in [0.4, 0.5) is 18.3 Å². The third-order valence-electron chi connectivity index (χ3n) is 4.44. The smallest absolute Gasteiger partial charge is 0.314 e. The van der Waals surface area contributed by atoms with Gasteiger partial charge in [-0.1, -0.05) is 12.1 Å². The predicted octanol–water partition coefficient (Wildman–Crippen LogP) is 4.08. The van der Waals surface area contributed by atoms with E-state index in [1.165, 1.54) is 23.5 Å². The third-order valence-corrected chi connectivity index (χ3v) is 5.35. The zero-order valence-corrected chi connectivity index (χ0v) is 15.1. The lowest BCUT2D eigenvalue weighted by Gasteiger charge is -2.26. The Morgan fingerprint density at radius 3 is 2.73 bits per heavy atom. The molecule has 26 heavy (non-hydrogen) atoms. The number of thiazole rings is 1.